The van der Waals surface area contributed by atoms with Crippen molar-refractivity contribution in [2.24, 2.45) is 0 Å². The molecular weight excluding hydrogens is 398 g/mol. The SMILES string of the molecule is Cc1cc(NC(=O)COC(=O)COc2ccc(Cl)cc2)ccc1Br. The lowest BCUT2D eigenvalue weighted by Crippen LogP contribution is -2.23. The third kappa shape index (κ3) is 5.86. The van der Waals surface area contributed by atoms with Gasteiger partial charge in [-0.3, -0.25) is 4.79 Å². The minimum Gasteiger partial charge on any atom is -0.482 e. The molecule has 0 saturated carbocycles. The molecule has 2 aromatic rings. The smallest absolute Gasteiger partial charge is 0.344 e. The Balaban J connectivity index is 1.73. The molecule has 0 aliphatic carbocycles. The van der Waals surface area contributed by atoms with Crippen molar-refractivity contribution in [3.8, 4) is 5.75 Å². The van der Waals surface area contributed by atoms with Crippen LogP contribution in [0.5, 0.6) is 5.75 Å². The van der Waals surface area contributed by atoms with Crippen LogP contribution in [0.1, 0.15) is 5.56 Å². The van der Waals surface area contributed by atoms with E-state index in [2.05, 4.69) is 21.2 Å². The van der Waals surface area contributed by atoms with Gasteiger partial charge in [0.1, 0.15) is 5.75 Å². The van der Waals surface area contributed by atoms with Crippen LogP contribution >= 0.6 is 27.5 Å². The van der Waals surface area contributed by atoms with Gasteiger partial charge in [-0.25, -0.2) is 4.79 Å². The predicted molar refractivity (Wildman–Crippen MR) is 95.4 cm³/mol. The minimum atomic E-state index is -0.632. The van der Waals surface area contributed by atoms with Crippen LogP contribution in [-0.4, -0.2) is 25.1 Å². The number of hydrogen-bond donors (Lipinski definition) is 1. The number of benzene rings is 2. The van der Waals surface area contributed by atoms with Gasteiger partial charge < -0.3 is 14.8 Å². The van der Waals surface area contributed by atoms with Crippen molar-refractivity contribution in [3.63, 3.8) is 0 Å². The van der Waals surface area contributed by atoms with Crippen LogP contribution in [0.2, 0.25) is 5.02 Å². The van der Waals surface area contributed by atoms with E-state index in [1.807, 2.05) is 19.1 Å². The number of ether oxygens (including phenoxy) is 2. The lowest BCUT2D eigenvalue weighted by atomic mass is 10.2. The van der Waals surface area contributed by atoms with E-state index in [1.54, 1.807) is 30.3 Å². The minimum absolute atomic E-state index is 0.285. The summed E-state index contributed by atoms with van der Waals surface area (Å²) in [5.41, 5.74) is 1.62. The van der Waals surface area contributed by atoms with E-state index in [-0.39, 0.29) is 13.2 Å². The van der Waals surface area contributed by atoms with E-state index in [4.69, 9.17) is 21.1 Å². The summed E-state index contributed by atoms with van der Waals surface area (Å²) in [5, 5.41) is 3.23. The fourth-order valence-corrected chi connectivity index (χ4v) is 2.15. The summed E-state index contributed by atoms with van der Waals surface area (Å²) >= 11 is 9.13. The van der Waals surface area contributed by atoms with Gasteiger partial charge in [-0.1, -0.05) is 27.5 Å². The molecule has 0 fully saturated rings. The number of carbonyl (C=O) groups is 2. The summed E-state index contributed by atoms with van der Waals surface area (Å²) in [4.78, 5) is 23.3. The van der Waals surface area contributed by atoms with Gasteiger partial charge in [-0.2, -0.15) is 0 Å². The van der Waals surface area contributed by atoms with Crippen molar-refractivity contribution >= 4 is 45.1 Å². The molecule has 2 rings (SSSR count). The quantitative estimate of drug-likeness (QED) is 0.729. The second-order valence-electron chi connectivity index (χ2n) is 4.92. The van der Waals surface area contributed by atoms with Crippen LogP contribution in [0.4, 0.5) is 5.69 Å². The molecule has 2 aromatic carbocycles. The van der Waals surface area contributed by atoms with Gasteiger partial charge in [0.2, 0.25) is 0 Å². The Bertz CT molecular complexity index is 734. The molecule has 0 aliphatic heterocycles. The highest BCUT2D eigenvalue weighted by atomic mass is 79.9. The molecule has 24 heavy (non-hydrogen) atoms. The van der Waals surface area contributed by atoms with Crippen LogP contribution in [-0.2, 0) is 14.3 Å². The fraction of sp³-hybridized carbons (Fsp3) is 0.176. The topological polar surface area (TPSA) is 64.6 Å². The molecule has 0 saturated heterocycles. The van der Waals surface area contributed by atoms with Crippen molar-refractivity contribution < 1.29 is 19.1 Å². The van der Waals surface area contributed by atoms with Gasteiger partial charge in [-0.15, -0.1) is 0 Å². The molecule has 0 bridgehead atoms. The number of carbonyl (C=O) groups excluding carboxylic acids is 2. The van der Waals surface area contributed by atoms with E-state index in [0.717, 1.165) is 10.0 Å². The maximum Gasteiger partial charge on any atom is 0.344 e. The Hall–Kier alpha value is -2.05. The fourth-order valence-electron chi connectivity index (χ4n) is 1.78. The number of nitrogens with one attached hydrogen (secondary N) is 1. The zero-order chi connectivity index (χ0) is 17.5. The van der Waals surface area contributed by atoms with Gasteiger partial charge in [0.25, 0.3) is 5.91 Å². The van der Waals surface area contributed by atoms with Crippen LogP contribution in [0.15, 0.2) is 46.9 Å². The second-order valence-corrected chi connectivity index (χ2v) is 6.21. The molecule has 0 atom stereocenters. The molecule has 0 unspecified atom stereocenters. The van der Waals surface area contributed by atoms with Gasteiger partial charge in [-0.05, 0) is 55.0 Å². The lowest BCUT2D eigenvalue weighted by molar-refractivity contribution is -0.149. The number of rotatable bonds is 6. The number of anilines is 1. The molecule has 0 aromatic heterocycles. The molecule has 1 amide bonds. The molecule has 0 aliphatic rings. The molecular formula is C17H15BrClNO4. The number of aryl methyl sites for hydroxylation is 1. The van der Waals surface area contributed by atoms with Gasteiger partial charge in [0.15, 0.2) is 13.2 Å². The summed E-state index contributed by atoms with van der Waals surface area (Å²) < 4.78 is 11.0. The Morgan fingerprint density at radius 3 is 2.50 bits per heavy atom. The van der Waals surface area contributed by atoms with Gasteiger partial charge in [0, 0.05) is 15.2 Å². The summed E-state index contributed by atoms with van der Waals surface area (Å²) in [6.45, 7) is 1.25. The lowest BCUT2D eigenvalue weighted by Gasteiger charge is -2.09. The molecule has 5 nitrogen and oxygen atoms in total. The first kappa shape index (κ1) is 18.3. The van der Waals surface area contributed by atoms with Crippen LogP contribution in [0, 0.1) is 6.92 Å². The first-order valence-corrected chi connectivity index (χ1v) is 8.21. The Morgan fingerprint density at radius 2 is 1.83 bits per heavy atom. The van der Waals surface area contributed by atoms with E-state index in [1.165, 1.54) is 0 Å². The van der Waals surface area contributed by atoms with Crippen molar-refractivity contribution in [2.45, 2.75) is 6.92 Å². The monoisotopic (exact) mass is 411 g/mol. The predicted octanol–water partition coefficient (Wildman–Crippen LogP) is 3.97. The van der Waals surface area contributed by atoms with Crippen molar-refractivity contribution in [2.75, 3.05) is 18.5 Å². The van der Waals surface area contributed by atoms with E-state index < -0.39 is 11.9 Å². The third-order valence-corrected chi connectivity index (χ3v) is 4.12. The largest absolute Gasteiger partial charge is 0.482 e. The van der Waals surface area contributed by atoms with Crippen LogP contribution in [0.25, 0.3) is 0 Å². The summed E-state index contributed by atoms with van der Waals surface area (Å²) in [6.07, 6.45) is 0. The maximum atomic E-state index is 11.8. The van der Waals surface area contributed by atoms with Crippen molar-refractivity contribution in [1.29, 1.82) is 0 Å². The zero-order valence-electron chi connectivity index (χ0n) is 12.8. The molecule has 1 N–H and O–H groups in total. The maximum absolute atomic E-state index is 11.8. The van der Waals surface area contributed by atoms with Crippen LogP contribution < -0.4 is 10.1 Å². The Labute approximate surface area is 153 Å². The molecule has 0 radical (unpaired) electrons. The zero-order valence-corrected chi connectivity index (χ0v) is 15.2. The standard InChI is InChI=1S/C17H15BrClNO4/c1-11-8-13(4-7-15(11)18)20-16(21)9-24-17(22)10-23-14-5-2-12(19)3-6-14/h2-8H,9-10H2,1H3,(H,20,21). The average molecular weight is 413 g/mol. The van der Waals surface area contributed by atoms with Gasteiger partial charge in [0.05, 0.1) is 0 Å². The van der Waals surface area contributed by atoms with Crippen molar-refractivity contribution in [3.05, 3.63) is 57.5 Å². The summed E-state index contributed by atoms with van der Waals surface area (Å²) in [5.74, 6) is -0.560. The second kappa shape index (κ2) is 8.70. The Morgan fingerprint density at radius 1 is 1.12 bits per heavy atom. The Kier molecular flexibility index (Phi) is 6.63. The number of amides is 1. The molecule has 0 heterocycles. The number of esters is 1. The highest BCUT2D eigenvalue weighted by molar-refractivity contribution is 9.10. The van der Waals surface area contributed by atoms with E-state index >= 15 is 0 Å². The highest BCUT2D eigenvalue weighted by Crippen LogP contribution is 2.20. The molecule has 0 spiro atoms. The number of hydrogen-bond acceptors (Lipinski definition) is 4. The average Bonchev–Trinajstić information content (AvgIpc) is 2.56. The summed E-state index contributed by atoms with van der Waals surface area (Å²) in [7, 11) is 0. The molecule has 7 heteroatoms. The first-order valence-electron chi connectivity index (χ1n) is 7.04. The van der Waals surface area contributed by atoms with Gasteiger partial charge >= 0.3 is 5.97 Å². The van der Waals surface area contributed by atoms with E-state index in [0.29, 0.717) is 16.5 Å². The van der Waals surface area contributed by atoms with Crippen molar-refractivity contribution in [1.82, 2.24) is 0 Å². The number of halogens is 2. The first-order chi connectivity index (χ1) is 11.4. The normalized spacial score (nSPS) is 10.1. The van der Waals surface area contributed by atoms with Crippen LogP contribution in [0.3, 0.4) is 0 Å². The highest BCUT2D eigenvalue weighted by Gasteiger charge is 2.09. The summed E-state index contributed by atoms with van der Waals surface area (Å²) in [6, 6.07) is 12.0. The third-order valence-electron chi connectivity index (χ3n) is 2.98. The molecule has 126 valence electrons. The van der Waals surface area contributed by atoms with E-state index in [9.17, 15) is 9.59 Å².